The second-order valence-electron chi connectivity index (χ2n) is 5.93. The fourth-order valence-corrected chi connectivity index (χ4v) is 2.97. The Hall–Kier alpha value is -1.42. The fourth-order valence-electron chi connectivity index (χ4n) is 2.97. The van der Waals surface area contributed by atoms with Crippen molar-refractivity contribution in [1.29, 1.82) is 0 Å². The molecule has 0 bridgehead atoms. The molecule has 1 fully saturated rings. The van der Waals surface area contributed by atoms with Gasteiger partial charge in [0.1, 0.15) is 5.82 Å². The highest BCUT2D eigenvalue weighted by Crippen LogP contribution is 2.29. The first-order chi connectivity index (χ1) is 9.49. The predicted molar refractivity (Wildman–Crippen MR) is 77.7 cm³/mol. The van der Waals surface area contributed by atoms with Crippen molar-refractivity contribution in [2.75, 3.05) is 0 Å². The maximum atomic E-state index is 13.8. The number of halogens is 1. The molecule has 2 rings (SSSR count). The van der Waals surface area contributed by atoms with Gasteiger partial charge < -0.3 is 11.1 Å². The van der Waals surface area contributed by atoms with Crippen molar-refractivity contribution >= 4 is 5.91 Å². The highest BCUT2D eigenvalue weighted by molar-refractivity contribution is 5.92. The van der Waals surface area contributed by atoms with E-state index in [-0.39, 0.29) is 5.82 Å². The zero-order valence-electron chi connectivity index (χ0n) is 12.2. The Balaban J connectivity index is 2.03. The van der Waals surface area contributed by atoms with Crippen LogP contribution in [-0.4, -0.2) is 11.9 Å². The Morgan fingerprint density at radius 2 is 2.15 bits per heavy atom. The molecular formula is C16H23FN2O. The van der Waals surface area contributed by atoms with Crippen LogP contribution in [0.5, 0.6) is 0 Å². The summed E-state index contributed by atoms with van der Waals surface area (Å²) in [6.07, 6.45) is 3.61. The second kappa shape index (κ2) is 6.35. The van der Waals surface area contributed by atoms with Crippen molar-refractivity contribution in [2.24, 2.45) is 17.6 Å². The van der Waals surface area contributed by atoms with E-state index in [1.54, 1.807) is 6.07 Å². The number of hydrogen-bond donors (Lipinski definition) is 2. The summed E-state index contributed by atoms with van der Waals surface area (Å²) in [5.41, 5.74) is 6.09. The summed E-state index contributed by atoms with van der Waals surface area (Å²) in [6, 6.07) is 4.69. The van der Waals surface area contributed by atoms with Crippen molar-refractivity contribution in [3.05, 3.63) is 35.1 Å². The van der Waals surface area contributed by atoms with E-state index in [1.807, 2.05) is 0 Å². The number of rotatable bonds is 4. The lowest BCUT2D eigenvalue weighted by Crippen LogP contribution is -2.40. The van der Waals surface area contributed by atoms with Crippen molar-refractivity contribution in [3.8, 4) is 0 Å². The molecule has 0 radical (unpaired) electrons. The fraction of sp³-hybridized carbons (Fsp3) is 0.562. The molecule has 0 aliphatic heterocycles. The molecule has 1 aliphatic carbocycles. The van der Waals surface area contributed by atoms with Crippen molar-refractivity contribution in [3.63, 3.8) is 0 Å². The summed E-state index contributed by atoms with van der Waals surface area (Å²) in [5.74, 6) is 0.471. The zero-order valence-corrected chi connectivity index (χ0v) is 12.2. The molecule has 110 valence electrons. The van der Waals surface area contributed by atoms with E-state index >= 15 is 0 Å². The first-order valence-corrected chi connectivity index (χ1v) is 7.30. The molecular weight excluding hydrogens is 255 g/mol. The van der Waals surface area contributed by atoms with E-state index in [0.717, 1.165) is 6.42 Å². The van der Waals surface area contributed by atoms with Crippen molar-refractivity contribution in [2.45, 2.75) is 45.7 Å². The molecule has 3 N–H and O–H groups in total. The summed E-state index contributed by atoms with van der Waals surface area (Å²) in [5, 5.41) is 3.43. The number of carbonyl (C=O) groups excluding carboxylic acids is 1. The molecule has 3 unspecified atom stereocenters. The van der Waals surface area contributed by atoms with Crippen LogP contribution >= 0.6 is 0 Å². The van der Waals surface area contributed by atoms with Crippen LogP contribution in [0.2, 0.25) is 0 Å². The topological polar surface area (TPSA) is 55.1 Å². The smallest absolute Gasteiger partial charge is 0.248 e. The minimum atomic E-state index is -0.522. The molecule has 1 aromatic rings. The van der Waals surface area contributed by atoms with E-state index in [0.29, 0.717) is 35.5 Å². The Morgan fingerprint density at radius 3 is 2.85 bits per heavy atom. The van der Waals surface area contributed by atoms with Gasteiger partial charge in [0.2, 0.25) is 5.91 Å². The first kappa shape index (κ1) is 15.0. The third-order valence-electron chi connectivity index (χ3n) is 4.59. The lowest BCUT2D eigenvalue weighted by atomic mass is 9.78. The molecule has 1 amide bonds. The Morgan fingerprint density at radius 1 is 1.40 bits per heavy atom. The summed E-state index contributed by atoms with van der Waals surface area (Å²) < 4.78 is 13.8. The number of nitrogens with two attached hydrogens (primary N) is 1. The molecule has 1 saturated carbocycles. The van der Waals surface area contributed by atoms with Crippen LogP contribution in [0.1, 0.15) is 49.0 Å². The number of primary amides is 1. The van der Waals surface area contributed by atoms with Gasteiger partial charge in [0.05, 0.1) is 0 Å². The molecule has 0 aromatic heterocycles. The maximum absolute atomic E-state index is 13.8. The van der Waals surface area contributed by atoms with Crippen molar-refractivity contribution in [1.82, 2.24) is 5.32 Å². The van der Waals surface area contributed by atoms with Crippen LogP contribution in [0.15, 0.2) is 18.2 Å². The summed E-state index contributed by atoms with van der Waals surface area (Å²) in [4.78, 5) is 11.1. The van der Waals surface area contributed by atoms with Gasteiger partial charge in [-0.2, -0.15) is 0 Å². The standard InChI is InChI=1S/C16H23FN2O/c1-10-4-3-5-15(11(10)2)19-9-13-8-12(16(18)20)6-7-14(13)17/h6-8,10-11,15,19H,3-5,9H2,1-2H3,(H2,18,20). The van der Waals surface area contributed by atoms with Gasteiger partial charge in [0.15, 0.2) is 0 Å². The minimum absolute atomic E-state index is 0.293. The average molecular weight is 278 g/mol. The molecule has 0 spiro atoms. The quantitative estimate of drug-likeness (QED) is 0.889. The van der Waals surface area contributed by atoms with Gasteiger partial charge in [0.25, 0.3) is 0 Å². The van der Waals surface area contributed by atoms with Crippen molar-refractivity contribution < 1.29 is 9.18 Å². The van der Waals surface area contributed by atoms with Gasteiger partial charge >= 0.3 is 0 Å². The third kappa shape index (κ3) is 3.37. The average Bonchev–Trinajstić information content (AvgIpc) is 2.41. The Bertz CT molecular complexity index is 489. The van der Waals surface area contributed by atoms with E-state index < -0.39 is 5.91 Å². The van der Waals surface area contributed by atoms with Gasteiger partial charge in [-0.1, -0.05) is 26.7 Å². The SMILES string of the molecule is CC1CCCC(NCc2cc(C(N)=O)ccc2F)C1C. The van der Waals surface area contributed by atoms with Crippen LogP contribution in [0.3, 0.4) is 0 Å². The molecule has 3 nitrogen and oxygen atoms in total. The van der Waals surface area contributed by atoms with Crippen LogP contribution in [0, 0.1) is 17.7 Å². The van der Waals surface area contributed by atoms with Crippen LogP contribution < -0.4 is 11.1 Å². The Kier molecular flexibility index (Phi) is 4.76. The van der Waals surface area contributed by atoms with Gasteiger partial charge in [-0.15, -0.1) is 0 Å². The molecule has 1 aliphatic rings. The van der Waals surface area contributed by atoms with E-state index in [4.69, 9.17) is 5.73 Å². The predicted octanol–water partition coefficient (Wildman–Crippen LogP) is 2.84. The molecule has 0 heterocycles. The zero-order chi connectivity index (χ0) is 14.7. The Labute approximate surface area is 119 Å². The summed E-state index contributed by atoms with van der Waals surface area (Å²) >= 11 is 0. The van der Waals surface area contributed by atoms with Gasteiger partial charge in [0, 0.05) is 23.7 Å². The largest absolute Gasteiger partial charge is 0.366 e. The molecule has 1 aromatic carbocycles. The lowest BCUT2D eigenvalue weighted by molar-refractivity contribution is 0.1000. The van der Waals surface area contributed by atoms with Gasteiger partial charge in [-0.25, -0.2) is 4.39 Å². The highest BCUT2D eigenvalue weighted by Gasteiger charge is 2.26. The van der Waals surface area contributed by atoms with Crippen LogP contribution in [0.4, 0.5) is 4.39 Å². The van der Waals surface area contributed by atoms with E-state index in [1.165, 1.54) is 25.0 Å². The normalized spacial score (nSPS) is 26.4. The van der Waals surface area contributed by atoms with Gasteiger partial charge in [-0.05, 0) is 36.5 Å². The van der Waals surface area contributed by atoms with Crippen LogP contribution in [0.25, 0.3) is 0 Å². The van der Waals surface area contributed by atoms with Crippen LogP contribution in [-0.2, 0) is 6.54 Å². The number of amides is 1. The molecule has 4 heteroatoms. The molecule has 0 saturated heterocycles. The number of benzene rings is 1. The summed E-state index contributed by atoms with van der Waals surface area (Å²) in [6.45, 7) is 4.96. The van der Waals surface area contributed by atoms with E-state index in [9.17, 15) is 9.18 Å². The highest BCUT2D eigenvalue weighted by atomic mass is 19.1. The molecule has 3 atom stereocenters. The first-order valence-electron chi connectivity index (χ1n) is 7.30. The third-order valence-corrected chi connectivity index (χ3v) is 4.59. The maximum Gasteiger partial charge on any atom is 0.248 e. The monoisotopic (exact) mass is 278 g/mol. The lowest BCUT2D eigenvalue weighted by Gasteiger charge is -2.34. The number of carbonyl (C=O) groups is 1. The van der Waals surface area contributed by atoms with Gasteiger partial charge in [-0.3, -0.25) is 4.79 Å². The second-order valence-corrected chi connectivity index (χ2v) is 5.93. The summed E-state index contributed by atoms with van der Waals surface area (Å²) in [7, 11) is 0. The minimum Gasteiger partial charge on any atom is -0.366 e. The van der Waals surface area contributed by atoms with E-state index in [2.05, 4.69) is 19.2 Å². The number of nitrogens with one attached hydrogen (secondary N) is 1. The number of hydrogen-bond acceptors (Lipinski definition) is 2. The molecule has 20 heavy (non-hydrogen) atoms.